The maximum absolute atomic E-state index is 12.9. The Balaban J connectivity index is 1.69. The highest BCUT2D eigenvalue weighted by Crippen LogP contribution is 2.40. The van der Waals surface area contributed by atoms with Gasteiger partial charge in [0, 0.05) is 13.5 Å². The van der Waals surface area contributed by atoms with Gasteiger partial charge in [-0.1, -0.05) is 48.5 Å². The lowest BCUT2D eigenvalue weighted by molar-refractivity contribution is -0.147. The van der Waals surface area contributed by atoms with Crippen LogP contribution >= 0.6 is 0 Å². The molecule has 0 aliphatic carbocycles. The number of hydrogen-bond donors (Lipinski definition) is 2. The minimum atomic E-state index is -1.11. The summed E-state index contributed by atoms with van der Waals surface area (Å²) < 4.78 is 11.0. The predicted octanol–water partition coefficient (Wildman–Crippen LogP) is 3.33. The maximum atomic E-state index is 12.9. The maximum Gasteiger partial charge on any atom is 0.407 e. The number of ether oxygens (including phenoxy) is 2. The minimum absolute atomic E-state index is 0.0754. The van der Waals surface area contributed by atoms with Crippen molar-refractivity contribution in [2.24, 2.45) is 0 Å². The molecule has 2 atom stereocenters. The zero-order valence-electron chi connectivity index (χ0n) is 19.3. The number of nitrogens with one attached hydrogen (secondary N) is 1. The van der Waals surface area contributed by atoms with Crippen molar-refractivity contribution >= 4 is 18.0 Å². The number of fused-ring (bicyclic) bond motifs is 11. The van der Waals surface area contributed by atoms with Gasteiger partial charge in [-0.15, -0.1) is 0 Å². The Hall–Kier alpha value is -3.39. The van der Waals surface area contributed by atoms with Gasteiger partial charge in [0.1, 0.15) is 18.2 Å². The molecule has 0 spiro atoms. The average Bonchev–Trinajstić information content (AvgIpc) is 3.26. The van der Waals surface area contributed by atoms with Crippen LogP contribution in [0.15, 0.2) is 48.5 Å². The third-order valence-electron chi connectivity index (χ3n) is 6.77. The summed E-state index contributed by atoms with van der Waals surface area (Å²) in [5.41, 5.74) is 3.32. The normalized spacial score (nSPS) is 23.8. The first kappa shape index (κ1) is 23.8. The quantitative estimate of drug-likeness (QED) is 0.703. The number of carbonyl (C=O) groups is 3. The molecule has 5 rings (SSSR count). The van der Waals surface area contributed by atoms with Crippen LogP contribution in [0.3, 0.4) is 0 Å². The Kier molecular flexibility index (Phi) is 7.17. The van der Waals surface area contributed by atoms with E-state index in [0.717, 1.165) is 42.4 Å². The number of amides is 2. The molecular formula is C26H30N2O6. The number of alkyl carbamates (subject to hydrolysis) is 1. The Morgan fingerprint density at radius 3 is 2.62 bits per heavy atom. The van der Waals surface area contributed by atoms with E-state index in [1.165, 1.54) is 17.6 Å². The molecule has 0 radical (unpaired) electrons. The van der Waals surface area contributed by atoms with Gasteiger partial charge in [-0.25, -0.2) is 9.59 Å². The molecule has 2 amide bonds. The van der Waals surface area contributed by atoms with E-state index in [1.807, 2.05) is 36.4 Å². The fourth-order valence-corrected chi connectivity index (χ4v) is 4.86. The highest BCUT2D eigenvalue weighted by atomic mass is 16.5. The summed E-state index contributed by atoms with van der Waals surface area (Å²) in [6.45, 7) is -0.000289. The fraction of sp³-hybridized carbons (Fsp3) is 0.423. The standard InChI is InChI=1S/C26H30N2O6/c1-33-26-15-22(24(30)31)28(17-26)23(29)16-27-25(32)34-14-6-2-3-7-18-8-4-5-9-21(18)19-10-12-20(26)13-11-19/h4-5,8-13,22H,2-3,6-7,14-17H2,1H3,(H,27,32)(H,30,31)/t22-,26-/m0/s1. The van der Waals surface area contributed by atoms with E-state index < -0.39 is 29.6 Å². The topological polar surface area (TPSA) is 105 Å². The van der Waals surface area contributed by atoms with Crippen LogP contribution in [0, 0.1) is 0 Å². The van der Waals surface area contributed by atoms with Crippen molar-refractivity contribution in [3.8, 4) is 11.1 Å². The molecule has 1 saturated heterocycles. The Morgan fingerprint density at radius 2 is 1.88 bits per heavy atom. The lowest BCUT2D eigenvalue weighted by atomic mass is 9.88. The van der Waals surface area contributed by atoms with Crippen molar-refractivity contribution in [1.82, 2.24) is 10.2 Å². The molecule has 0 saturated carbocycles. The van der Waals surface area contributed by atoms with Crippen molar-refractivity contribution in [3.63, 3.8) is 0 Å². The number of benzene rings is 2. The second kappa shape index (κ2) is 10.3. The number of carboxylic acids is 1. The number of hydrogen-bond acceptors (Lipinski definition) is 5. The van der Waals surface area contributed by atoms with Crippen LogP contribution in [0.2, 0.25) is 0 Å². The van der Waals surface area contributed by atoms with Gasteiger partial charge in [0.05, 0.1) is 13.2 Å². The monoisotopic (exact) mass is 466 g/mol. The molecule has 34 heavy (non-hydrogen) atoms. The number of nitrogens with zero attached hydrogens (tertiary/aromatic N) is 1. The molecule has 3 heterocycles. The van der Waals surface area contributed by atoms with Crippen LogP contribution < -0.4 is 5.32 Å². The number of carbonyl (C=O) groups excluding carboxylic acids is 2. The van der Waals surface area contributed by atoms with Crippen molar-refractivity contribution in [2.75, 3.05) is 26.8 Å². The molecule has 2 aromatic rings. The van der Waals surface area contributed by atoms with Gasteiger partial charge in [0.25, 0.3) is 0 Å². The molecule has 180 valence electrons. The molecule has 4 bridgehead atoms. The summed E-state index contributed by atoms with van der Waals surface area (Å²) in [5.74, 6) is -1.60. The highest BCUT2D eigenvalue weighted by Gasteiger charge is 2.50. The van der Waals surface area contributed by atoms with Gasteiger partial charge in [-0.3, -0.25) is 4.79 Å². The van der Waals surface area contributed by atoms with E-state index in [0.29, 0.717) is 0 Å². The van der Waals surface area contributed by atoms with Crippen LogP contribution in [0.25, 0.3) is 11.1 Å². The molecule has 2 aromatic carbocycles. The molecule has 3 aliphatic rings. The zero-order valence-corrected chi connectivity index (χ0v) is 19.3. The second-order valence-electron chi connectivity index (χ2n) is 8.81. The van der Waals surface area contributed by atoms with Gasteiger partial charge in [-0.05, 0) is 47.9 Å². The molecule has 0 aromatic heterocycles. The van der Waals surface area contributed by atoms with Crippen molar-refractivity contribution in [1.29, 1.82) is 0 Å². The van der Waals surface area contributed by atoms with Gasteiger partial charge >= 0.3 is 12.1 Å². The van der Waals surface area contributed by atoms with Crippen LogP contribution in [-0.2, 0) is 31.1 Å². The van der Waals surface area contributed by atoms with Crippen molar-refractivity contribution < 1.29 is 29.0 Å². The first-order valence-electron chi connectivity index (χ1n) is 11.6. The first-order chi connectivity index (χ1) is 16.4. The van der Waals surface area contributed by atoms with Crippen LogP contribution in [-0.4, -0.2) is 60.8 Å². The lowest BCUT2D eigenvalue weighted by Crippen LogP contribution is -2.46. The second-order valence-corrected chi connectivity index (χ2v) is 8.81. The van der Waals surface area contributed by atoms with Crippen LogP contribution in [0.1, 0.15) is 36.8 Å². The van der Waals surface area contributed by atoms with Gasteiger partial charge < -0.3 is 24.8 Å². The third-order valence-corrected chi connectivity index (χ3v) is 6.77. The SMILES string of the molecule is CO[C@@]12C[C@@H](C(=O)O)N(C1)C(=O)CNC(=O)OCCCCCc1ccccc1-c1ccc2cc1. The highest BCUT2D eigenvalue weighted by molar-refractivity contribution is 5.87. The van der Waals surface area contributed by atoms with Gasteiger partial charge in [-0.2, -0.15) is 0 Å². The summed E-state index contributed by atoms with van der Waals surface area (Å²) in [6, 6.07) is 15.2. The summed E-state index contributed by atoms with van der Waals surface area (Å²) in [4.78, 5) is 38.1. The van der Waals surface area contributed by atoms with E-state index in [2.05, 4.69) is 17.4 Å². The molecule has 2 N–H and O–H groups in total. The molecule has 0 unspecified atom stereocenters. The summed E-state index contributed by atoms with van der Waals surface area (Å²) >= 11 is 0. The summed E-state index contributed by atoms with van der Waals surface area (Å²) in [5, 5.41) is 12.2. The summed E-state index contributed by atoms with van der Waals surface area (Å²) in [7, 11) is 1.53. The third kappa shape index (κ3) is 4.92. The van der Waals surface area contributed by atoms with E-state index in [9.17, 15) is 19.5 Å². The minimum Gasteiger partial charge on any atom is -0.480 e. The fourth-order valence-electron chi connectivity index (χ4n) is 4.86. The molecular weight excluding hydrogens is 436 g/mol. The van der Waals surface area contributed by atoms with Gasteiger partial charge in [0.15, 0.2) is 0 Å². The van der Waals surface area contributed by atoms with Crippen molar-refractivity contribution in [3.05, 3.63) is 59.7 Å². The Labute approximate surface area is 198 Å². The van der Waals surface area contributed by atoms with E-state index in [1.54, 1.807) is 0 Å². The van der Waals surface area contributed by atoms with Crippen LogP contribution in [0.4, 0.5) is 4.79 Å². The molecule has 8 heteroatoms. The van der Waals surface area contributed by atoms with Crippen molar-refractivity contribution in [2.45, 2.75) is 43.7 Å². The Morgan fingerprint density at radius 1 is 1.12 bits per heavy atom. The largest absolute Gasteiger partial charge is 0.480 e. The van der Waals surface area contributed by atoms with Crippen LogP contribution in [0.5, 0.6) is 0 Å². The number of aliphatic carboxylic acids is 1. The number of rotatable bonds is 2. The number of methoxy groups -OCH3 is 1. The smallest absolute Gasteiger partial charge is 0.407 e. The Bertz CT molecular complexity index is 1050. The predicted molar refractivity (Wildman–Crippen MR) is 125 cm³/mol. The van der Waals surface area contributed by atoms with E-state index in [4.69, 9.17) is 9.47 Å². The number of aryl methyl sites for hydroxylation is 1. The summed E-state index contributed by atoms with van der Waals surface area (Å²) in [6.07, 6.45) is 2.94. The molecule has 3 aliphatic heterocycles. The zero-order chi connectivity index (χ0) is 24.1. The van der Waals surface area contributed by atoms with E-state index in [-0.39, 0.29) is 26.1 Å². The number of carboxylic acid groups (broad SMARTS) is 1. The first-order valence-corrected chi connectivity index (χ1v) is 11.6. The van der Waals surface area contributed by atoms with Gasteiger partial charge in [0.2, 0.25) is 5.91 Å². The average molecular weight is 467 g/mol. The molecule has 8 nitrogen and oxygen atoms in total. The molecule has 1 fully saturated rings. The lowest BCUT2D eigenvalue weighted by Gasteiger charge is -2.28. The van der Waals surface area contributed by atoms with E-state index >= 15 is 0 Å².